The average Bonchev–Trinajstić information content (AvgIpc) is 2.66. The van der Waals surface area contributed by atoms with Crippen molar-refractivity contribution < 1.29 is 14.3 Å². The molecule has 1 fully saturated rings. The molecule has 0 aliphatic carbocycles. The number of nitrogens with two attached hydrogens (primary N) is 1. The summed E-state index contributed by atoms with van der Waals surface area (Å²) in [6, 6.07) is 8.34. The van der Waals surface area contributed by atoms with E-state index in [1.165, 1.54) is 5.56 Å². The Kier molecular flexibility index (Phi) is 8.05. The van der Waals surface area contributed by atoms with Crippen LogP contribution in [0.1, 0.15) is 31.7 Å². The first-order valence-corrected chi connectivity index (χ1v) is 9.23. The number of piperidine rings is 1. The number of nitrogens with zero attached hydrogens (tertiary/aromatic N) is 2. The Hall–Kier alpha value is -2.44. The fourth-order valence-corrected chi connectivity index (χ4v) is 2.95. The molecule has 0 spiro atoms. The lowest BCUT2D eigenvalue weighted by molar-refractivity contribution is 0.0963. The second-order valence-corrected chi connectivity index (χ2v) is 6.32. The standard InChI is InChI=1S/C19H30N4O3/c1-3-26-19(24)23-13-10-16(11-14-23)22-18(20)21-12-4-5-15-6-8-17(25-2)9-7-15/h6-9,16H,3-5,10-14H2,1-2H3,(H3,20,21,22). The van der Waals surface area contributed by atoms with Crippen LogP contribution in [-0.2, 0) is 11.2 Å². The van der Waals surface area contributed by atoms with Gasteiger partial charge in [-0.25, -0.2) is 4.79 Å². The Labute approximate surface area is 155 Å². The van der Waals surface area contributed by atoms with Gasteiger partial charge in [-0.2, -0.15) is 0 Å². The molecule has 0 aromatic heterocycles. The zero-order chi connectivity index (χ0) is 18.8. The van der Waals surface area contributed by atoms with Crippen molar-refractivity contribution in [2.75, 3.05) is 33.4 Å². The van der Waals surface area contributed by atoms with Crippen LogP contribution in [0.15, 0.2) is 29.3 Å². The molecular weight excluding hydrogens is 332 g/mol. The van der Waals surface area contributed by atoms with Gasteiger partial charge in [-0.05, 0) is 50.3 Å². The number of aryl methyl sites for hydroxylation is 1. The maximum atomic E-state index is 11.7. The molecule has 7 nitrogen and oxygen atoms in total. The zero-order valence-electron chi connectivity index (χ0n) is 15.7. The number of benzene rings is 1. The first-order valence-electron chi connectivity index (χ1n) is 9.23. The second-order valence-electron chi connectivity index (χ2n) is 6.32. The Morgan fingerprint density at radius 1 is 1.31 bits per heavy atom. The predicted octanol–water partition coefficient (Wildman–Crippen LogP) is 2.15. The summed E-state index contributed by atoms with van der Waals surface area (Å²) in [5.74, 6) is 1.35. The lowest BCUT2D eigenvalue weighted by atomic mass is 10.1. The van der Waals surface area contributed by atoms with E-state index in [9.17, 15) is 4.79 Å². The van der Waals surface area contributed by atoms with E-state index in [1.807, 2.05) is 19.1 Å². The second kappa shape index (κ2) is 10.5. The minimum atomic E-state index is -0.230. The van der Waals surface area contributed by atoms with Crippen LogP contribution in [-0.4, -0.2) is 56.3 Å². The number of hydrogen-bond acceptors (Lipinski definition) is 4. The van der Waals surface area contributed by atoms with E-state index >= 15 is 0 Å². The maximum Gasteiger partial charge on any atom is 0.409 e. The molecule has 1 aliphatic rings. The zero-order valence-corrected chi connectivity index (χ0v) is 15.7. The molecule has 0 bridgehead atoms. The topological polar surface area (TPSA) is 89.2 Å². The number of carbonyl (C=O) groups excluding carboxylic acids is 1. The molecule has 144 valence electrons. The molecular formula is C19H30N4O3. The fourth-order valence-electron chi connectivity index (χ4n) is 2.95. The normalized spacial score (nSPS) is 15.6. The summed E-state index contributed by atoms with van der Waals surface area (Å²) in [7, 11) is 1.67. The van der Waals surface area contributed by atoms with E-state index in [2.05, 4.69) is 22.4 Å². The number of ether oxygens (including phenoxy) is 2. The van der Waals surface area contributed by atoms with E-state index in [4.69, 9.17) is 15.2 Å². The van der Waals surface area contributed by atoms with Crippen LogP contribution in [0.25, 0.3) is 0 Å². The van der Waals surface area contributed by atoms with Crippen LogP contribution < -0.4 is 15.8 Å². The highest BCUT2D eigenvalue weighted by atomic mass is 16.6. The smallest absolute Gasteiger partial charge is 0.409 e. The number of rotatable bonds is 7. The van der Waals surface area contributed by atoms with Crippen molar-refractivity contribution in [3.63, 3.8) is 0 Å². The Morgan fingerprint density at radius 3 is 2.62 bits per heavy atom. The van der Waals surface area contributed by atoms with Gasteiger partial charge in [0.05, 0.1) is 13.7 Å². The van der Waals surface area contributed by atoms with E-state index in [1.54, 1.807) is 12.0 Å². The molecule has 2 rings (SSSR count). The lowest BCUT2D eigenvalue weighted by Crippen LogP contribution is -2.48. The third-order valence-electron chi connectivity index (χ3n) is 4.44. The van der Waals surface area contributed by atoms with Crippen LogP contribution in [0.3, 0.4) is 0 Å². The van der Waals surface area contributed by atoms with Gasteiger partial charge in [0, 0.05) is 25.7 Å². The Bertz CT molecular complexity index is 581. The summed E-state index contributed by atoms with van der Waals surface area (Å²) >= 11 is 0. The molecule has 1 aliphatic heterocycles. The SMILES string of the molecule is CCOC(=O)N1CCC(NC(N)=NCCCc2ccc(OC)cc2)CC1. The van der Waals surface area contributed by atoms with Gasteiger partial charge < -0.3 is 25.4 Å². The molecule has 1 aromatic rings. The summed E-state index contributed by atoms with van der Waals surface area (Å²) in [5.41, 5.74) is 7.24. The largest absolute Gasteiger partial charge is 0.497 e. The maximum absolute atomic E-state index is 11.7. The molecule has 1 saturated heterocycles. The summed E-state index contributed by atoms with van der Waals surface area (Å²) in [5, 5.41) is 3.26. The molecule has 0 unspecified atom stereocenters. The first kappa shape index (κ1) is 19.9. The van der Waals surface area contributed by atoms with E-state index in [-0.39, 0.29) is 12.1 Å². The molecule has 26 heavy (non-hydrogen) atoms. The molecule has 3 N–H and O–H groups in total. The minimum Gasteiger partial charge on any atom is -0.497 e. The van der Waals surface area contributed by atoms with Gasteiger partial charge in [-0.15, -0.1) is 0 Å². The molecule has 1 aromatic carbocycles. The van der Waals surface area contributed by atoms with Crippen LogP contribution in [0.2, 0.25) is 0 Å². The molecule has 0 saturated carbocycles. The van der Waals surface area contributed by atoms with Crippen molar-refractivity contribution >= 4 is 12.1 Å². The average molecular weight is 362 g/mol. The molecule has 1 amide bonds. The highest BCUT2D eigenvalue weighted by Gasteiger charge is 2.23. The molecule has 0 atom stereocenters. The third-order valence-corrected chi connectivity index (χ3v) is 4.44. The van der Waals surface area contributed by atoms with Crippen LogP contribution >= 0.6 is 0 Å². The van der Waals surface area contributed by atoms with Gasteiger partial charge in [0.25, 0.3) is 0 Å². The Morgan fingerprint density at radius 2 is 2.00 bits per heavy atom. The van der Waals surface area contributed by atoms with Crippen molar-refractivity contribution in [2.45, 2.75) is 38.6 Å². The van der Waals surface area contributed by atoms with Gasteiger partial charge in [0.15, 0.2) is 5.96 Å². The highest BCUT2D eigenvalue weighted by molar-refractivity contribution is 5.78. The molecule has 0 radical (unpaired) electrons. The summed E-state index contributed by atoms with van der Waals surface area (Å²) in [6.45, 7) is 4.28. The van der Waals surface area contributed by atoms with Gasteiger partial charge in [0.2, 0.25) is 0 Å². The van der Waals surface area contributed by atoms with E-state index in [0.717, 1.165) is 31.4 Å². The van der Waals surface area contributed by atoms with Gasteiger partial charge in [0.1, 0.15) is 5.75 Å². The van der Waals surface area contributed by atoms with Crippen molar-refractivity contribution in [2.24, 2.45) is 10.7 Å². The summed E-state index contributed by atoms with van der Waals surface area (Å²) in [6.07, 6.45) is 3.36. The van der Waals surface area contributed by atoms with E-state index in [0.29, 0.717) is 32.2 Å². The number of amides is 1. The number of guanidine groups is 1. The minimum absolute atomic E-state index is 0.230. The summed E-state index contributed by atoms with van der Waals surface area (Å²) < 4.78 is 10.2. The van der Waals surface area contributed by atoms with Crippen molar-refractivity contribution in [1.82, 2.24) is 10.2 Å². The van der Waals surface area contributed by atoms with Crippen molar-refractivity contribution in [1.29, 1.82) is 0 Å². The molecule has 7 heteroatoms. The molecule has 1 heterocycles. The number of aliphatic imine (C=N–C) groups is 1. The summed E-state index contributed by atoms with van der Waals surface area (Å²) in [4.78, 5) is 17.8. The number of hydrogen-bond donors (Lipinski definition) is 2. The van der Waals surface area contributed by atoms with Crippen molar-refractivity contribution in [3.8, 4) is 5.75 Å². The first-order chi connectivity index (χ1) is 12.6. The van der Waals surface area contributed by atoms with E-state index < -0.39 is 0 Å². The third kappa shape index (κ3) is 6.46. The van der Waals surface area contributed by atoms with Crippen LogP contribution in [0.5, 0.6) is 5.75 Å². The monoisotopic (exact) mass is 362 g/mol. The number of carbonyl (C=O) groups is 1. The van der Waals surface area contributed by atoms with Crippen LogP contribution in [0.4, 0.5) is 4.79 Å². The van der Waals surface area contributed by atoms with Gasteiger partial charge >= 0.3 is 6.09 Å². The number of nitrogens with one attached hydrogen (secondary N) is 1. The number of likely N-dealkylation sites (tertiary alicyclic amines) is 1. The highest BCUT2D eigenvalue weighted by Crippen LogP contribution is 2.13. The Balaban J connectivity index is 1.64. The lowest BCUT2D eigenvalue weighted by Gasteiger charge is -2.31. The fraction of sp³-hybridized carbons (Fsp3) is 0.579. The number of methoxy groups -OCH3 is 1. The van der Waals surface area contributed by atoms with Crippen LogP contribution in [0, 0.1) is 0 Å². The van der Waals surface area contributed by atoms with Crippen molar-refractivity contribution in [3.05, 3.63) is 29.8 Å². The predicted molar refractivity (Wildman–Crippen MR) is 103 cm³/mol. The quantitative estimate of drug-likeness (QED) is 0.441. The van der Waals surface area contributed by atoms with Gasteiger partial charge in [-0.3, -0.25) is 4.99 Å². The van der Waals surface area contributed by atoms with Gasteiger partial charge in [-0.1, -0.05) is 12.1 Å².